The lowest BCUT2D eigenvalue weighted by Gasteiger charge is -2.54. The molecule has 0 aromatic heterocycles. The smallest absolute Gasteiger partial charge is 0.330 e. The third-order valence-electron chi connectivity index (χ3n) is 8.95. The van der Waals surface area contributed by atoms with Crippen molar-refractivity contribution in [1.29, 1.82) is 0 Å². The number of cyclic esters (lactones) is 1. The topological polar surface area (TPSA) is 44.8 Å². The zero-order chi connectivity index (χ0) is 23.9. The van der Waals surface area contributed by atoms with Crippen LogP contribution in [0.2, 0.25) is 36.3 Å². The summed E-state index contributed by atoms with van der Waals surface area (Å²) >= 11 is 0. The third-order valence-corrected chi connectivity index (χ3v) is 17.9. The molecule has 0 aromatic rings. The SMILES string of the molecule is CC(C)(C)[Si](C)(C)OC[C@@H]1[C@](C)(CO[Si](C)(C)C(C)(C)C)CCC[C@@]12C=CC(=O)OC2. The quantitative estimate of drug-likeness (QED) is 0.313. The first-order valence-electron chi connectivity index (χ1n) is 12.0. The summed E-state index contributed by atoms with van der Waals surface area (Å²) in [7, 11) is -3.76. The summed E-state index contributed by atoms with van der Waals surface area (Å²) in [5.41, 5.74) is -0.162. The lowest BCUT2D eigenvalue weighted by molar-refractivity contribution is -0.150. The summed E-state index contributed by atoms with van der Waals surface area (Å²) in [4.78, 5) is 11.8. The molecule has 1 heterocycles. The fraction of sp³-hybridized carbons (Fsp3) is 0.880. The summed E-state index contributed by atoms with van der Waals surface area (Å²) in [5, 5.41) is 0.348. The maximum Gasteiger partial charge on any atom is 0.330 e. The van der Waals surface area contributed by atoms with Gasteiger partial charge in [-0.3, -0.25) is 0 Å². The van der Waals surface area contributed by atoms with Crippen LogP contribution in [-0.4, -0.2) is 42.4 Å². The Balaban J connectivity index is 2.36. The van der Waals surface area contributed by atoms with E-state index in [1.807, 2.05) is 0 Å². The maximum absolute atomic E-state index is 11.8. The van der Waals surface area contributed by atoms with Crippen LogP contribution in [0.25, 0.3) is 0 Å². The van der Waals surface area contributed by atoms with Crippen molar-refractivity contribution in [3.63, 3.8) is 0 Å². The molecule has 1 aliphatic carbocycles. The van der Waals surface area contributed by atoms with E-state index in [9.17, 15) is 4.79 Å². The number of hydrogen-bond acceptors (Lipinski definition) is 4. The Morgan fingerprint density at radius 2 is 1.55 bits per heavy atom. The Hall–Kier alpha value is -0.436. The first-order valence-corrected chi connectivity index (χ1v) is 17.8. The maximum atomic E-state index is 11.8. The standard InChI is InChI=1S/C25H48O4Si2/c1-22(2,3)30(8,9)28-17-20-24(7,18-29-31(10,11)23(4,5)6)14-12-15-25(20)16-13-21(26)27-19-25/h13,16,20H,12,14-15,17-19H2,1-11H3/t20-,24+,25+/m1/s1. The van der Waals surface area contributed by atoms with E-state index >= 15 is 0 Å². The molecule has 4 nitrogen and oxygen atoms in total. The number of carbonyl (C=O) groups is 1. The fourth-order valence-corrected chi connectivity index (χ4v) is 6.52. The molecule has 2 aliphatic rings. The molecule has 0 unspecified atom stereocenters. The van der Waals surface area contributed by atoms with E-state index in [2.05, 4.69) is 80.7 Å². The number of ether oxygens (including phenoxy) is 1. The van der Waals surface area contributed by atoms with Crippen molar-refractivity contribution in [1.82, 2.24) is 0 Å². The summed E-state index contributed by atoms with van der Waals surface area (Å²) in [6.07, 6.45) is 7.07. The van der Waals surface area contributed by atoms with Gasteiger partial charge in [-0.25, -0.2) is 4.79 Å². The Morgan fingerprint density at radius 1 is 1.00 bits per heavy atom. The van der Waals surface area contributed by atoms with Gasteiger partial charge >= 0.3 is 5.97 Å². The van der Waals surface area contributed by atoms with E-state index in [1.54, 1.807) is 6.08 Å². The van der Waals surface area contributed by atoms with Crippen LogP contribution in [0, 0.1) is 16.7 Å². The average molecular weight is 469 g/mol. The van der Waals surface area contributed by atoms with Gasteiger partial charge in [-0.2, -0.15) is 0 Å². The summed E-state index contributed by atoms with van der Waals surface area (Å²) < 4.78 is 19.2. The first-order chi connectivity index (χ1) is 13.9. The average Bonchev–Trinajstić information content (AvgIpc) is 2.60. The fourth-order valence-electron chi connectivity index (χ4n) is 4.38. The Bertz CT molecular complexity index is 687. The van der Waals surface area contributed by atoms with Gasteiger partial charge in [0.2, 0.25) is 0 Å². The molecule has 180 valence electrons. The minimum Gasteiger partial charge on any atom is -0.462 e. The molecule has 3 atom stereocenters. The molecule has 6 heteroatoms. The van der Waals surface area contributed by atoms with E-state index in [0.29, 0.717) is 13.2 Å². The van der Waals surface area contributed by atoms with Gasteiger partial charge in [-0.05, 0) is 54.5 Å². The van der Waals surface area contributed by atoms with Crippen molar-refractivity contribution in [3.05, 3.63) is 12.2 Å². The molecule has 2 rings (SSSR count). The molecule has 0 bridgehead atoms. The molecule has 0 radical (unpaired) electrons. The predicted molar refractivity (Wildman–Crippen MR) is 134 cm³/mol. The molecule has 1 spiro atoms. The second kappa shape index (κ2) is 8.73. The van der Waals surface area contributed by atoms with Gasteiger partial charge in [0.25, 0.3) is 0 Å². The van der Waals surface area contributed by atoms with Gasteiger partial charge < -0.3 is 13.6 Å². The van der Waals surface area contributed by atoms with Crippen LogP contribution >= 0.6 is 0 Å². The largest absolute Gasteiger partial charge is 0.462 e. The minimum atomic E-state index is -1.90. The Morgan fingerprint density at radius 3 is 2.03 bits per heavy atom. The molecule has 0 amide bonds. The predicted octanol–water partition coefficient (Wildman–Crippen LogP) is 6.94. The Labute approximate surface area is 193 Å². The number of hydrogen-bond donors (Lipinski definition) is 0. The summed E-state index contributed by atoms with van der Waals surface area (Å²) in [6.45, 7) is 27.4. The number of rotatable bonds is 6. The lowest BCUT2D eigenvalue weighted by Crippen LogP contribution is -2.55. The number of carbonyl (C=O) groups excluding carboxylic acids is 1. The van der Waals surface area contributed by atoms with Crippen LogP contribution in [0.4, 0.5) is 0 Å². The first kappa shape index (κ1) is 26.8. The molecule has 31 heavy (non-hydrogen) atoms. The van der Waals surface area contributed by atoms with Gasteiger partial charge in [0.05, 0.1) is 0 Å². The highest BCUT2D eigenvalue weighted by Gasteiger charge is 2.54. The molecule has 0 saturated heterocycles. The molecule has 0 N–H and O–H groups in total. The molecule has 1 aliphatic heterocycles. The monoisotopic (exact) mass is 468 g/mol. The van der Waals surface area contributed by atoms with E-state index in [4.69, 9.17) is 13.6 Å². The molecule has 1 saturated carbocycles. The zero-order valence-corrected chi connectivity index (χ0v) is 24.1. The molecular formula is C25H48O4Si2. The van der Waals surface area contributed by atoms with Crippen molar-refractivity contribution in [2.45, 2.75) is 104 Å². The molecule has 1 fully saturated rings. The van der Waals surface area contributed by atoms with Crippen LogP contribution in [0.5, 0.6) is 0 Å². The zero-order valence-electron chi connectivity index (χ0n) is 22.1. The third kappa shape index (κ3) is 5.74. The van der Waals surface area contributed by atoms with Crippen LogP contribution in [-0.2, 0) is 18.4 Å². The van der Waals surface area contributed by atoms with Crippen LogP contribution in [0.3, 0.4) is 0 Å². The normalized spacial score (nSPS) is 30.5. The van der Waals surface area contributed by atoms with E-state index in [-0.39, 0.29) is 32.8 Å². The minimum absolute atomic E-state index is 0.00970. The van der Waals surface area contributed by atoms with Gasteiger partial charge in [-0.15, -0.1) is 0 Å². The summed E-state index contributed by atoms with van der Waals surface area (Å²) in [6, 6.07) is 0. The van der Waals surface area contributed by atoms with Crippen LogP contribution < -0.4 is 0 Å². The van der Waals surface area contributed by atoms with Crippen molar-refractivity contribution in [2.24, 2.45) is 16.7 Å². The van der Waals surface area contributed by atoms with E-state index in [0.717, 1.165) is 25.9 Å². The van der Waals surface area contributed by atoms with Crippen LogP contribution in [0.1, 0.15) is 67.7 Å². The second-order valence-electron chi connectivity index (χ2n) is 13.4. The van der Waals surface area contributed by atoms with E-state index < -0.39 is 16.6 Å². The lowest BCUT2D eigenvalue weighted by atomic mass is 9.55. The second-order valence-corrected chi connectivity index (χ2v) is 23.0. The highest BCUT2D eigenvalue weighted by Crippen LogP contribution is 2.55. The highest BCUT2D eigenvalue weighted by atomic mass is 28.4. The molecule has 0 aromatic carbocycles. The van der Waals surface area contributed by atoms with Gasteiger partial charge in [0.15, 0.2) is 16.6 Å². The summed E-state index contributed by atoms with van der Waals surface area (Å²) in [5.74, 6) is 0.0384. The Kier molecular flexibility index (Phi) is 7.55. The number of esters is 1. The van der Waals surface area contributed by atoms with Crippen molar-refractivity contribution < 1.29 is 18.4 Å². The highest BCUT2D eigenvalue weighted by molar-refractivity contribution is 6.74. The van der Waals surface area contributed by atoms with Crippen LogP contribution in [0.15, 0.2) is 12.2 Å². The van der Waals surface area contributed by atoms with Gasteiger partial charge in [0, 0.05) is 30.6 Å². The van der Waals surface area contributed by atoms with Gasteiger partial charge in [-0.1, -0.05) is 61.0 Å². The molecular weight excluding hydrogens is 420 g/mol. The van der Waals surface area contributed by atoms with Crippen molar-refractivity contribution >= 4 is 22.6 Å². The van der Waals surface area contributed by atoms with Crippen molar-refractivity contribution in [2.75, 3.05) is 19.8 Å². The van der Waals surface area contributed by atoms with E-state index in [1.165, 1.54) is 0 Å². The van der Waals surface area contributed by atoms with Gasteiger partial charge in [0.1, 0.15) is 6.61 Å². The van der Waals surface area contributed by atoms with Crippen molar-refractivity contribution in [3.8, 4) is 0 Å².